The summed E-state index contributed by atoms with van der Waals surface area (Å²) in [6.07, 6.45) is -1.67. The lowest BCUT2D eigenvalue weighted by atomic mass is 10.2. The summed E-state index contributed by atoms with van der Waals surface area (Å²) in [5.41, 5.74) is 0. The highest BCUT2D eigenvalue weighted by atomic mass is 32.2. The van der Waals surface area contributed by atoms with Crippen molar-refractivity contribution in [3.8, 4) is 11.5 Å². The molecule has 0 spiro atoms. The lowest BCUT2D eigenvalue weighted by Crippen LogP contribution is -2.29. The third kappa shape index (κ3) is 3.14. The fourth-order valence-corrected chi connectivity index (χ4v) is 3.55. The van der Waals surface area contributed by atoms with Crippen molar-refractivity contribution in [1.29, 1.82) is 0 Å². The second-order valence-electron chi connectivity index (χ2n) is 4.21. The van der Waals surface area contributed by atoms with Crippen molar-refractivity contribution in [2.75, 3.05) is 18.1 Å². The average Bonchev–Trinajstić information content (AvgIpc) is 2.53. The van der Waals surface area contributed by atoms with E-state index in [-0.39, 0.29) is 11.5 Å². The first kappa shape index (κ1) is 13.2. The molecule has 2 rings (SSSR count). The highest BCUT2D eigenvalue weighted by Crippen LogP contribution is 2.24. The fraction of sp³-hybridized carbons (Fsp3) is 0.500. The predicted molar refractivity (Wildman–Crippen MR) is 66.7 cm³/mol. The molecule has 18 heavy (non-hydrogen) atoms. The van der Waals surface area contributed by atoms with E-state index in [0.717, 1.165) is 0 Å². The highest BCUT2D eigenvalue weighted by Gasteiger charge is 2.38. The van der Waals surface area contributed by atoms with E-state index in [1.54, 1.807) is 24.3 Å². The molecule has 5 nitrogen and oxygen atoms in total. The van der Waals surface area contributed by atoms with Crippen molar-refractivity contribution in [2.24, 2.45) is 0 Å². The summed E-state index contributed by atoms with van der Waals surface area (Å²) in [6.45, 7) is 2.42. The summed E-state index contributed by atoms with van der Waals surface area (Å²) in [4.78, 5) is 0. The Bertz CT molecular complexity index is 511. The van der Waals surface area contributed by atoms with Gasteiger partial charge in [-0.1, -0.05) is 6.07 Å². The van der Waals surface area contributed by atoms with E-state index in [9.17, 15) is 13.5 Å². The van der Waals surface area contributed by atoms with Crippen molar-refractivity contribution in [1.82, 2.24) is 0 Å². The Balaban J connectivity index is 2.08. The van der Waals surface area contributed by atoms with Gasteiger partial charge in [-0.05, 0) is 19.1 Å². The number of sulfone groups is 1. The minimum Gasteiger partial charge on any atom is -0.494 e. The van der Waals surface area contributed by atoms with Gasteiger partial charge in [0.15, 0.2) is 9.84 Å². The van der Waals surface area contributed by atoms with Crippen LogP contribution in [0.2, 0.25) is 0 Å². The molecule has 1 aromatic carbocycles. The van der Waals surface area contributed by atoms with E-state index >= 15 is 0 Å². The standard InChI is InChI=1S/C12H16O5S/c1-2-16-9-4-3-5-10(6-9)17-12-8-18(14,15)7-11(12)13/h3-6,11-13H,2,7-8H2,1H3. The molecule has 2 atom stereocenters. The molecule has 0 radical (unpaired) electrons. The maximum Gasteiger partial charge on any atom is 0.156 e. The molecule has 1 aliphatic heterocycles. The molecule has 0 saturated carbocycles. The lowest BCUT2D eigenvalue weighted by Gasteiger charge is -2.16. The molecule has 2 unspecified atom stereocenters. The molecular weight excluding hydrogens is 256 g/mol. The Hall–Kier alpha value is -1.27. The smallest absolute Gasteiger partial charge is 0.156 e. The quantitative estimate of drug-likeness (QED) is 0.870. The Labute approximate surface area is 106 Å². The number of hydrogen-bond acceptors (Lipinski definition) is 5. The Morgan fingerprint density at radius 2 is 2.06 bits per heavy atom. The minimum absolute atomic E-state index is 0.146. The number of rotatable bonds is 4. The van der Waals surface area contributed by atoms with Crippen LogP contribution in [0.1, 0.15) is 6.92 Å². The SMILES string of the molecule is CCOc1cccc(OC2CS(=O)(=O)CC2O)c1. The van der Waals surface area contributed by atoms with Gasteiger partial charge in [0, 0.05) is 6.07 Å². The normalized spacial score (nSPS) is 25.9. The second kappa shape index (κ2) is 5.16. The number of benzene rings is 1. The molecule has 0 aliphatic carbocycles. The number of aliphatic hydroxyl groups is 1. The fourth-order valence-electron chi connectivity index (χ4n) is 1.89. The Morgan fingerprint density at radius 3 is 2.67 bits per heavy atom. The van der Waals surface area contributed by atoms with Crippen LogP contribution in [0.3, 0.4) is 0 Å². The van der Waals surface area contributed by atoms with Gasteiger partial charge in [0.05, 0.1) is 18.1 Å². The number of hydrogen-bond donors (Lipinski definition) is 1. The van der Waals surface area contributed by atoms with E-state index < -0.39 is 22.0 Å². The summed E-state index contributed by atoms with van der Waals surface area (Å²) < 4.78 is 33.5. The van der Waals surface area contributed by atoms with Crippen LogP contribution in [0.15, 0.2) is 24.3 Å². The molecule has 1 saturated heterocycles. The number of aliphatic hydroxyl groups excluding tert-OH is 1. The molecule has 1 aliphatic rings. The van der Waals surface area contributed by atoms with E-state index in [2.05, 4.69) is 0 Å². The van der Waals surface area contributed by atoms with Gasteiger partial charge in [-0.15, -0.1) is 0 Å². The minimum atomic E-state index is -3.19. The highest BCUT2D eigenvalue weighted by molar-refractivity contribution is 7.91. The zero-order valence-corrected chi connectivity index (χ0v) is 10.9. The molecule has 0 bridgehead atoms. The molecule has 1 aromatic rings. The third-order valence-electron chi connectivity index (χ3n) is 2.68. The third-order valence-corrected chi connectivity index (χ3v) is 4.36. The Kier molecular flexibility index (Phi) is 3.77. The molecule has 0 amide bonds. The van der Waals surface area contributed by atoms with Gasteiger partial charge in [0.2, 0.25) is 0 Å². The molecule has 1 N–H and O–H groups in total. The van der Waals surface area contributed by atoms with Crippen molar-refractivity contribution >= 4 is 9.84 Å². The van der Waals surface area contributed by atoms with Crippen LogP contribution in [0.5, 0.6) is 11.5 Å². The van der Waals surface area contributed by atoms with Gasteiger partial charge in [-0.3, -0.25) is 0 Å². The van der Waals surface area contributed by atoms with Crippen LogP contribution in [0.4, 0.5) is 0 Å². The predicted octanol–water partition coefficient (Wildman–Crippen LogP) is 0.622. The lowest BCUT2D eigenvalue weighted by molar-refractivity contribution is 0.0736. The van der Waals surface area contributed by atoms with Crippen LogP contribution < -0.4 is 9.47 Å². The van der Waals surface area contributed by atoms with E-state index in [1.807, 2.05) is 6.92 Å². The average molecular weight is 272 g/mol. The summed E-state index contributed by atoms with van der Waals surface area (Å²) in [6, 6.07) is 6.94. The Morgan fingerprint density at radius 1 is 1.33 bits per heavy atom. The molecule has 1 fully saturated rings. The van der Waals surface area contributed by atoms with Crippen molar-refractivity contribution in [3.63, 3.8) is 0 Å². The summed E-state index contributed by atoms with van der Waals surface area (Å²) in [7, 11) is -3.19. The van der Waals surface area contributed by atoms with Crippen molar-refractivity contribution in [2.45, 2.75) is 19.1 Å². The number of ether oxygens (including phenoxy) is 2. The first-order valence-corrected chi connectivity index (χ1v) is 7.60. The largest absolute Gasteiger partial charge is 0.494 e. The van der Waals surface area contributed by atoms with Gasteiger partial charge in [-0.2, -0.15) is 0 Å². The zero-order valence-electron chi connectivity index (χ0n) is 10.1. The maximum atomic E-state index is 11.3. The molecule has 1 heterocycles. The van der Waals surface area contributed by atoms with E-state index in [0.29, 0.717) is 18.1 Å². The first-order valence-electron chi connectivity index (χ1n) is 5.78. The van der Waals surface area contributed by atoms with Gasteiger partial charge in [-0.25, -0.2) is 8.42 Å². The van der Waals surface area contributed by atoms with Gasteiger partial charge in [0.1, 0.15) is 23.7 Å². The van der Waals surface area contributed by atoms with Crippen LogP contribution in [0.25, 0.3) is 0 Å². The van der Waals surface area contributed by atoms with Crippen LogP contribution in [0, 0.1) is 0 Å². The monoisotopic (exact) mass is 272 g/mol. The first-order chi connectivity index (χ1) is 8.50. The van der Waals surface area contributed by atoms with Gasteiger partial charge >= 0.3 is 0 Å². The van der Waals surface area contributed by atoms with Crippen molar-refractivity contribution < 1.29 is 23.0 Å². The topological polar surface area (TPSA) is 72.8 Å². The van der Waals surface area contributed by atoms with Gasteiger partial charge < -0.3 is 14.6 Å². The molecule has 0 aromatic heterocycles. The second-order valence-corrected chi connectivity index (χ2v) is 6.36. The zero-order chi connectivity index (χ0) is 13.2. The van der Waals surface area contributed by atoms with E-state index in [4.69, 9.17) is 9.47 Å². The summed E-state index contributed by atoms with van der Waals surface area (Å²) >= 11 is 0. The summed E-state index contributed by atoms with van der Waals surface area (Å²) in [5, 5.41) is 9.62. The molecule has 6 heteroatoms. The molecular formula is C12H16O5S. The van der Waals surface area contributed by atoms with Crippen LogP contribution in [-0.4, -0.2) is 43.8 Å². The van der Waals surface area contributed by atoms with Crippen LogP contribution >= 0.6 is 0 Å². The van der Waals surface area contributed by atoms with E-state index in [1.165, 1.54) is 0 Å². The van der Waals surface area contributed by atoms with Gasteiger partial charge in [0.25, 0.3) is 0 Å². The summed E-state index contributed by atoms with van der Waals surface area (Å²) in [5.74, 6) is 0.781. The molecule has 100 valence electrons. The maximum absolute atomic E-state index is 11.3. The van der Waals surface area contributed by atoms with Crippen LogP contribution in [-0.2, 0) is 9.84 Å². The van der Waals surface area contributed by atoms with Crippen molar-refractivity contribution in [3.05, 3.63) is 24.3 Å².